The first-order chi connectivity index (χ1) is 18.1. The zero-order valence-electron chi connectivity index (χ0n) is 19.7. The molecule has 1 saturated heterocycles. The fraction of sp³-hybridized carbons (Fsp3) is 0.529. The molecule has 0 radical (unpaired) electrons. The van der Waals surface area contributed by atoms with E-state index in [4.69, 9.17) is 16.9 Å². The van der Waals surface area contributed by atoms with E-state index in [1.807, 2.05) is 0 Å². The number of nitrogens with two attached hydrogens (primary N) is 1. The predicted molar refractivity (Wildman–Crippen MR) is 127 cm³/mol. The molecule has 0 aliphatic carbocycles. The number of carbonyl (C=O) groups is 1. The summed E-state index contributed by atoms with van der Waals surface area (Å²) in [5.41, 5.74) is 6.01. The Hall–Kier alpha value is -2.29. The van der Waals surface area contributed by atoms with Crippen molar-refractivity contribution in [1.82, 2.24) is 19.5 Å². The third kappa shape index (κ3) is 8.35. The molecule has 3 rings (SSSR count). The maximum atomic E-state index is 12.2. The maximum Gasteiger partial charge on any atom is 0.538 e. The Balaban J connectivity index is 1.57. The Kier molecular flexibility index (Phi) is 10.00. The number of phosphoric ester groups is 2. The van der Waals surface area contributed by atoms with Crippen molar-refractivity contribution in [2.75, 3.05) is 12.3 Å². The van der Waals surface area contributed by atoms with Crippen LogP contribution in [0.4, 0.5) is 5.82 Å². The van der Waals surface area contributed by atoms with Gasteiger partial charge in [-0.15, -0.1) is 12.3 Å². The summed E-state index contributed by atoms with van der Waals surface area (Å²) in [4.78, 5) is 52.3. The van der Waals surface area contributed by atoms with Gasteiger partial charge in [0.25, 0.3) is 0 Å². The molecule has 0 aromatic carbocycles. The number of fused-ring (bicyclic) bond motifs is 1. The van der Waals surface area contributed by atoms with Crippen LogP contribution in [0.5, 0.6) is 0 Å². The van der Waals surface area contributed by atoms with Crippen LogP contribution < -0.4 is 5.73 Å². The van der Waals surface area contributed by atoms with E-state index < -0.39 is 60.6 Å². The van der Waals surface area contributed by atoms with Crippen molar-refractivity contribution in [3.05, 3.63) is 12.7 Å². The number of terminal acetylenes is 1. The number of rotatable bonds is 13. The summed E-state index contributed by atoms with van der Waals surface area (Å²) in [5, 5.41) is 20.7. The van der Waals surface area contributed by atoms with Crippen molar-refractivity contribution in [1.29, 1.82) is 0 Å². The number of nitrogen functional groups attached to an aromatic ring is 1. The third-order valence-corrected chi connectivity index (χ3v) is 9.19. The van der Waals surface area contributed by atoms with Gasteiger partial charge in [-0.1, -0.05) is 0 Å². The zero-order chi connectivity index (χ0) is 29.0. The molecule has 1 fully saturated rings. The van der Waals surface area contributed by atoms with Crippen molar-refractivity contribution in [3.8, 4) is 12.3 Å². The number of aliphatic hydroxyl groups is 2. The Bertz CT molecular complexity index is 1380. The lowest BCUT2D eigenvalue weighted by Crippen LogP contribution is -2.33. The van der Waals surface area contributed by atoms with E-state index in [1.54, 1.807) is 0 Å². The van der Waals surface area contributed by atoms with E-state index in [0.717, 1.165) is 6.33 Å². The van der Waals surface area contributed by atoms with Crippen LogP contribution in [0.15, 0.2) is 12.7 Å². The average molecular weight is 615 g/mol. The number of aliphatic hydroxyl groups excluding tert-OH is 2. The van der Waals surface area contributed by atoms with Crippen molar-refractivity contribution in [3.63, 3.8) is 0 Å². The quantitative estimate of drug-likeness (QED) is 0.0990. The number of imidazole rings is 1. The molecule has 1 aliphatic heterocycles. The van der Waals surface area contributed by atoms with Crippen molar-refractivity contribution < 1.29 is 65.8 Å². The number of ether oxygens (including phenoxy) is 1. The number of unbranched alkanes of at least 4 members (excludes halogenated alkanes) is 2. The van der Waals surface area contributed by atoms with Gasteiger partial charge < -0.3 is 35.0 Å². The van der Waals surface area contributed by atoms with Crippen molar-refractivity contribution in [2.45, 2.75) is 50.2 Å². The Morgan fingerprint density at radius 1 is 1.08 bits per heavy atom. The minimum atomic E-state index is -5.85. The van der Waals surface area contributed by atoms with E-state index in [-0.39, 0.29) is 29.8 Å². The first-order valence-corrected chi connectivity index (χ1v) is 15.3. The predicted octanol–water partition coefficient (Wildman–Crippen LogP) is 0.115. The van der Waals surface area contributed by atoms with Crippen LogP contribution in [0, 0.1) is 12.3 Å². The van der Waals surface area contributed by atoms with Gasteiger partial charge in [0.1, 0.15) is 30.2 Å². The van der Waals surface area contributed by atoms with Crippen LogP contribution in [0.2, 0.25) is 0 Å². The average Bonchev–Trinajstić information content (AvgIpc) is 3.35. The first kappa shape index (κ1) is 31.2. The van der Waals surface area contributed by atoms with E-state index in [2.05, 4.69) is 38.5 Å². The van der Waals surface area contributed by atoms with Gasteiger partial charge in [0, 0.05) is 12.8 Å². The van der Waals surface area contributed by atoms with Gasteiger partial charge in [-0.25, -0.2) is 28.6 Å². The highest BCUT2D eigenvalue weighted by Gasteiger charge is 2.47. The second-order valence-electron chi connectivity index (χ2n) is 7.87. The van der Waals surface area contributed by atoms with Gasteiger partial charge in [0.05, 0.1) is 12.9 Å². The van der Waals surface area contributed by atoms with Crippen molar-refractivity contribution >= 4 is 46.4 Å². The summed E-state index contributed by atoms with van der Waals surface area (Å²) in [6, 6.07) is 0. The number of hydrogen-bond donors (Lipinski definition) is 6. The maximum absolute atomic E-state index is 12.2. The number of carbonyl (C=O) groups excluding carboxylic acids is 1. The summed E-state index contributed by atoms with van der Waals surface area (Å²) in [6.45, 7) is -0.990. The van der Waals surface area contributed by atoms with Gasteiger partial charge >= 0.3 is 29.4 Å². The highest BCUT2D eigenvalue weighted by atomic mass is 31.3. The lowest BCUT2D eigenvalue weighted by Gasteiger charge is -2.20. The number of nitrogens with zero attached hydrogens (tertiary/aromatic N) is 4. The Morgan fingerprint density at radius 2 is 1.77 bits per heavy atom. The highest BCUT2D eigenvalue weighted by Crippen LogP contribution is 2.67. The Labute approximate surface area is 219 Å². The normalized spacial score (nSPS) is 25.8. The lowest BCUT2D eigenvalue weighted by atomic mass is 10.1. The van der Waals surface area contributed by atoms with E-state index in [1.165, 1.54) is 10.9 Å². The molecule has 0 saturated carbocycles. The summed E-state index contributed by atoms with van der Waals surface area (Å²) >= 11 is 0. The van der Waals surface area contributed by atoms with Crippen LogP contribution in [0.1, 0.15) is 31.9 Å². The smallest absolute Gasteiger partial charge is 0.387 e. The molecule has 0 amide bonds. The standard InChI is InChI=1S/C17H24N5O14P3/c1-2-3-4-5-6-11(23)34-38(28,29)36-39(30,31)35-37(26,27)32-7-10-13(24)14(25)17(33-10)22-9-21-12-15(18)19-8-20-16(12)22/h1,8-10,13-14,17,24-25H,3-7H2,(H,26,27)(H,28,29)(H,30,31)(H2,18,19,20)/t10-,13?,14+,17-/m1/s1. The molecule has 4 unspecified atom stereocenters. The summed E-state index contributed by atoms with van der Waals surface area (Å²) in [5.74, 6) is 1.07. The molecule has 39 heavy (non-hydrogen) atoms. The molecule has 216 valence electrons. The van der Waals surface area contributed by atoms with Gasteiger partial charge in [-0.05, 0) is 12.8 Å². The molecule has 19 nitrogen and oxygen atoms in total. The first-order valence-electron chi connectivity index (χ1n) is 10.8. The van der Waals surface area contributed by atoms with Gasteiger partial charge in [-0.3, -0.25) is 18.8 Å². The minimum absolute atomic E-state index is 0.0305. The fourth-order valence-electron chi connectivity index (χ4n) is 3.31. The molecule has 7 N–H and O–H groups in total. The van der Waals surface area contributed by atoms with E-state index in [0.29, 0.717) is 12.8 Å². The second kappa shape index (κ2) is 12.5. The number of aromatic nitrogens is 4. The molecule has 2 aromatic heterocycles. The molecule has 1 aliphatic rings. The number of anilines is 1. The van der Waals surface area contributed by atoms with Gasteiger partial charge in [-0.2, -0.15) is 8.62 Å². The summed E-state index contributed by atoms with van der Waals surface area (Å²) in [7, 11) is -17.0. The third-order valence-electron chi connectivity index (χ3n) is 4.98. The van der Waals surface area contributed by atoms with Crippen LogP contribution in [0.3, 0.4) is 0 Å². The van der Waals surface area contributed by atoms with E-state index in [9.17, 15) is 43.4 Å². The van der Waals surface area contributed by atoms with Crippen LogP contribution in [0.25, 0.3) is 11.2 Å². The van der Waals surface area contributed by atoms with Crippen LogP contribution in [-0.2, 0) is 40.9 Å². The number of hydrogen-bond acceptors (Lipinski definition) is 15. The van der Waals surface area contributed by atoms with Crippen LogP contribution >= 0.6 is 23.5 Å². The molecule has 7 atom stereocenters. The number of phosphoric acid groups is 3. The highest BCUT2D eigenvalue weighted by molar-refractivity contribution is 7.67. The molecule has 0 spiro atoms. The van der Waals surface area contributed by atoms with Gasteiger partial charge in [0.15, 0.2) is 17.7 Å². The molecule has 3 heterocycles. The monoisotopic (exact) mass is 615 g/mol. The minimum Gasteiger partial charge on any atom is -0.387 e. The zero-order valence-corrected chi connectivity index (χ0v) is 22.4. The van der Waals surface area contributed by atoms with Gasteiger partial charge in [0.2, 0.25) is 0 Å². The van der Waals surface area contributed by atoms with E-state index >= 15 is 0 Å². The van der Waals surface area contributed by atoms with Crippen LogP contribution in [-0.4, -0.2) is 75.3 Å². The molecule has 2 aromatic rings. The lowest BCUT2D eigenvalue weighted by molar-refractivity contribution is -0.135. The largest absolute Gasteiger partial charge is 0.538 e. The second-order valence-corrected chi connectivity index (χ2v) is 12.4. The molecular weight excluding hydrogens is 591 g/mol. The van der Waals surface area contributed by atoms with Crippen molar-refractivity contribution in [2.24, 2.45) is 0 Å². The Morgan fingerprint density at radius 3 is 2.46 bits per heavy atom. The molecular formula is C17H24N5O14P3. The molecule has 22 heteroatoms. The SMILES string of the molecule is C#CCCCCC(=O)OP(=O)(O)OP(=O)(O)OP(=O)(O)OC[C@H]1O[C@@H](n2cnc3c(N)ncnc32)[C@@H](O)C1O. The summed E-state index contributed by atoms with van der Waals surface area (Å²) in [6.07, 6.45) is 1.75. The molecule has 0 bridgehead atoms. The fourth-order valence-corrected chi connectivity index (χ4v) is 6.79. The summed E-state index contributed by atoms with van der Waals surface area (Å²) < 4.78 is 59.1. The topological polar surface area (TPSA) is 285 Å².